The van der Waals surface area contributed by atoms with Gasteiger partial charge in [0.05, 0.1) is 24.2 Å². The molecule has 2 atom stereocenters. The Morgan fingerprint density at radius 3 is 2.49 bits per heavy atom. The third-order valence-corrected chi connectivity index (χ3v) is 9.31. The zero-order valence-electron chi connectivity index (χ0n) is 25.4. The summed E-state index contributed by atoms with van der Waals surface area (Å²) < 4.78 is 8.20. The molecule has 0 saturated heterocycles. The number of primary amides is 1. The van der Waals surface area contributed by atoms with Gasteiger partial charge in [0, 0.05) is 48.8 Å². The average Bonchev–Trinajstić information content (AvgIpc) is 3.51. The van der Waals surface area contributed by atoms with E-state index in [0.29, 0.717) is 35.4 Å². The molecule has 1 unspecified atom stereocenters. The predicted octanol–water partition coefficient (Wildman–Crippen LogP) is 6.07. The summed E-state index contributed by atoms with van der Waals surface area (Å²) in [5.74, 6) is 0.215. The number of aromatic nitrogens is 2. The van der Waals surface area contributed by atoms with Gasteiger partial charge < -0.3 is 25.7 Å². The van der Waals surface area contributed by atoms with Gasteiger partial charge in [0.1, 0.15) is 11.8 Å². The van der Waals surface area contributed by atoms with E-state index in [1.807, 2.05) is 36.8 Å². The summed E-state index contributed by atoms with van der Waals surface area (Å²) in [6.45, 7) is 1.84. The standard InChI is InChI=1S/C36H40ClN5O3/c37-28-15-11-24(12-16-28)19-33(35(38)43)41-36(44)31-8-4-7-30-32(17-18-45-34(30)31)40-21-29-20-39-23-42(29)22-25-9-13-27(14-10-25)26-5-2-1-3-6-26/h4,7-16,20,23,26,32-33,40H,1-3,5-6,17-19,21-22H2,(H2,38,43)(H,41,44)/t32?,33-/m0/s1. The number of para-hydroxylation sites is 1. The van der Waals surface area contributed by atoms with Gasteiger partial charge in [-0.15, -0.1) is 0 Å². The first-order valence-corrected chi connectivity index (χ1v) is 16.2. The normalized spacial score (nSPS) is 17.2. The van der Waals surface area contributed by atoms with Gasteiger partial charge in [-0.05, 0) is 53.6 Å². The van der Waals surface area contributed by atoms with Crippen LogP contribution in [-0.4, -0.2) is 34.0 Å². The van der Waals surface area contributed by atoms with Crippen molar-refractivity contribution in [1.29, 1.82) is 0 Å². The van der Waals surface area contributed by atoms with E-state index in [-0.39, 0.29) is 12.5 Å². The van der Waals surface area contributed by atoms with E-state index >= 15 is 0 Å². The van der Waals surface area contributed by atoms with E-state index in [4.69, 9.17) is 22.1 Å². The second-order valence-corrected chi connectivity index (χ2v) is 12.6. The summed E-state index contributed by atoms with van der Waals surface area (Å²) in [7, 11) is 0. The number of nitrogens with one attached hydrogen (secondary N) is 2. The zero-order valence-corrected chi connectivity index (χ0v) is 26.1. The van der Waals surface area contributed by atoms with Crippen LogP contribution in [0.5, 0.6) is 5.75 Å². The molecular weight excluding hydrogens is 586 g/mol. The van der Waals surface area contributed by atoms with Crippen LogP contribution < -0.4 is 21.1 Å². The quantitative estimate of drug-likeness (QED) is 0.187. The molecule has 0 bridgehead atoms. The maximum absolute atomic E-state index is 13.4. The summed E-state index contributed by atoms with van der Waals surface area (Å²) in [6, 6.07) is 20.9. The van der Waals surface area contributed by atoms with Crippen LogP contribution in [0, 0.1) is 0 Å². The molecule has 0 radical (unpaired) electrons. The zero-order chi connectivity index (χ0) is 31.2. The maximum atomic E-state index is 13.4. The van der Waals surface area contributed by atoms with Gasteiger partial charge in [-0.3, -0.25) is 9.59 Å². The third kappa shape index (κ3) is 7.57. The Hall–Kier alpha value is -4.14. The Morgan fingerprint density at radius 1 is 0.978 bits per heavy atom. The third-order valence-electron chi connectivity index (χ3n) is 9.06. The molecule has 1 aliphatic carbocycles. The van der Waals surface area contributed by atoms with Crippen molar-refractivity contribution in [2.24, 2.45) is 5.73 Å². The molecule has 1 fully saturated rings. The number of carbonyl (C=O) groups excluding carboxylic acids is 2. The van der Waals surface area contributed by atoms with E-state index in [9.17, 15) is 9.59 Å². The minimum atomic E-state index is -0.879. The highest BCUT2D eigenvalue weighted by molar-refractivity contribution is 6.30. The van der Waals surface area contributed by atoms with E-state index in [0.717, 1.165) is 29.8 Å². The highest BCUT2D eigenvalue weighted by Crippen LogP contribution is 2.36. The first-order valence-electron chi connectivity index (χ1n) is 15.9. The molecule has 3 aromatic carbocycles. The summed E-state index contributed by atoms with van der Waals surface area (Å²) in [4.78, 5) is 30.1. The van der Waals surface area contributed by atoms with Gasteiger partial charge in [-0.2, -0.15) is 0 Å². The van der Waals surface area contributed by atoms with Gasteiger partial charge in [-0.25, -0.2) is 4.98 Å². The van der Waals surface area contributed by atoms with Crippen molar-refractivity contribution in [1.82, 2.24) is 20.2 Å². The highest BCUT2D eigenvalue weighted by atomic mass is 35.5. The number of amides is 2. The molecule has 2 aliphatic rings. The summed E-state index contributed by atoms with van der Waals surface area (Å²) in [5, 5.41) is 7.07. The molecule has 0 spiro atoms. The number of imidazole rings is 1. The Morgan fingerprint density at radius 2 is 1.73 bits per heavy atom. The first-order chi connectivity index (χ1) is 21.9. The molecule has 6 rings (SSSR count). The number of hydrogen-bond donors (Lipinski definition) is 3. The maximum Gasteiger partial charge on any atom is 0.255 e. The fourth-order valence-corrected chi connectivity index (χ4v) is 6.65. The molecule has 9 heteroatoms. The molecule has 45 heavy (non-hydrogen) atoms. The summed E-state index contributed by atoms with van der Waals surface area (Å²) in [5.41, 5.74) is 11.6. The number of ether oxygens (including phenoxy) is 1. The van der Waals surface area contributed by atoms with Crippen LogP contribution in [0.25, 0.3) is 0 Å². The van der Waals surface area contributed by atoms with Gasteiger partial charge in [0.15, 0.2) is 0 Å². The van der Waals surface area contributed by atoms with Crippen LogP contribution in [0.2, 0.25) is 5.02 Å². The number of rotatable bonds is 11. The van der Waals surface area contributed by atoms with Crippen LogP contribution in [0.15, 0.2) is 79.3 Å². The van der Waals surface area contributed by atoms with Crippen molar-refractivity contribution in [3.63, 3.8) is 0 Å². The largest absolute Gasteiger partial charge is 0.492 e. The number of benzene rings is 3. The summed E-state index contributed by atoms with van der Waals surface area (Å²) >= 11 is 5.99. The second kappa shape index (κ2) is 14.3. The van der Waals surface area contributed by atoms with Crippen molar-refractivity contribution < 1.29 is 14.3 Å². The molecule has 1 saturated carbocycles. The SMILES string of the molecule is NC(=O)[C@H](Cc1ccc(Cl)cc1)NC(=O)c1cccc2c1OCCC2NCc1cncn1Cc1ccc(C2CCCCC2)cc1. The Balaban J connectivity index is 1.10. The lowest BCUT2D eigenvalue weighted by molar-refractivity contribution is -0.119. The lowest BCUT2D eigenvalue weighted by atomic mass is 9.84. The monoisotopic (exact) mass is 625 g/mol. The minimum absolute atomic E-state index is 0.0133. The first kappa shape index (κ1) is 30.9. The second-order valence-electron chi connectivity index (χ2n) is 12.1. The average molecular weight is 626 g/mol. The van der Waals surface area contributed by atoms with Crippen LogP contribution in [-0.2, 0) is 24.3 Å². The number of fused-ring (bicyclic) bond motifs is 1. The molecule has 8 nitrogen and oxygen atoms in total. The highest BCUT2D eigenvalue weighted by Gasteiger charge is 2.28. The number of nitrogens with two attached hydrogens (primary N) is 1. The van der Waals surface area contributed by atoms with E-state index in [2.05, 4.69) is 44.5 Å². The van der Waals surface area contributed by atoms with Gasteiger partial charge in [0.25, 0.3) is 5.91 Å². The van der Waals surface area contributed by atoms with E-state index in [1.165, 1.54) is 43.2 Å². The lowest BCUT2D eigenvalue weighted by Crippen LogP contribution is -2.46. The molecule has 1 aliphatic heterocycles. The molecule has 4 aromatic rings. The molecule has 4 N–H and O–H groups in total. The van der Waals surface area contributed by atoms with Crippen molar-refractivity contribution in [3.05, 3.63) is 118 Å². The molecule has 1 aromatic heterocycles. The molecule has 234 valence electrons. The van der Waals surface area contributed by atoms with Gasteiger partial charge in [-0.1, -0.05) is 79.4 Å². The number of carbonyl (C=O) groups is 2. The molecular formula is C36H40ClN5O3. The van der Waals surface area contributed by atoms with Gasteiger partial charge >= 0.3 is 0 Å². The minimum Gasteiger partial charge on any atom is -0.492 e. The topological polar surface area (TPSA) is 111 Å². The predicted molar refractivity (Wildman–Crippen MR) is 175 cm³/mol. The Bertz CT molecular complexity index is 1610. The fraction of sp³-hybridized carbons (Fsp3) is 0.361. The smallest absolute Gasteiger partial charge is 0.255 e. The molecule has 2 amide bonds. The van der Waals surface area contributed by atoms with E-state index < -0.39 is 17.9 Å². The van der Waals surface area contributed by atoms with Crippen LogP contribution in [0.1, 0.15) is 88.8 Å². The van der Waals surface area contributed by atoms with Gasteiger partial charge in [0.2, 0.25) is 5.91 Å². The van der Waals surface area contributed by atoms with E-state index in [1.54, 1.807) is 18.2 Å². The van der Waals surface area contributed by atoms with Crippen molar-refractivity contribution in [2.45, 2.75) is 76.0 Å². The van der Waals surface area contributed by atoms with Crippen LogP contribution in [0.3, 0.4) is 0 Å². The lowest BCUT2D eigenvalue weighted by Gasteiger charge is -2.28. The number of nitrogens with zero attached hydrogens (tertiary/aromatic N) is 2. The van der Waals surface area contributed by atoms with Crippen LogP contribution >= 0.6 is 11.6 Å². The van der Waals surface area contributed by atoms with Crippen molar-refractivity contribution in [2.75, 3.05) is 6.61 Å². The van der Waals surface area contributed by atoms with Crippen molar-refractivity contribution >= 4 is 23.4 Å². The Labute approximate surface area is 269 Å². The molecule has 2 heterocycles. The van der Waals surface area contributed by atoms with Crippen LogP contribution in [0.4, 0.5) is 0 Å². The number of hydrogen-bond acceptors (Lipinski definition) is 5. The number of halogens is 1. The fourth-order valence-electron chi connectivity index (χ4n) is 6.52. The van der Waals surface area contributed by atoms with Crippen molar-refractivity contribution in [3.8, 4) is 5.75 Å². The Kier molecular flexibility index (Phi) is 9.81. The summed E-state index contributed by atoms with van der Waals surface area (Å²) in [6.07, 6.45) is 11.4.